The maximum atomic E-state index is 12.9. The molecule has 1 N–H and O–H groups in total. The van der Waals surface area contributed by atoms with E-state index in [4.69, 9.17) is 9.47 Å². The number of Topliss-reactive ketones (excluding diaryl/α,β-unsaturated/α-hetero) is 1. The number of phenolic OH excluding ortho intramolecular Hbond substituents is 1. The monoisotopic (exact) mass is 407 g/mol. The summed E-state index contributed by atoms with van der Waals surface area (Å²) in [5, 5.41) is 10.5. The highest BCUT2D eigenvalue weighted by atomic mass is 16.5. The molecule has 2 aliphatic rings. The number of likely N-dealkylation sites (tertiary alicyclic amines) is 1. The number of allylic oxidation sites excluding steroid dienone is 1. The van der Waals surface area contributed by atoms with Crippen molar-refractivity contribution >= 4 is 17.8 Å². The summed E-state index contributed by atoms with van der Waals surface area (Å²) in [6.07, 6.45) is 6.39. The molecule has 2 heterocycles. The van der Waals surface area contributed by atoms with Gasteiger partial charge in [-0.25, -0.2) is 4.79 Å². The van der Waals surface area contributed by atoms with Gasteiger partial charge in [-0.3, -0.25) is 9.69 Å². The molecule has 1 fully saturated rings. The summed E-state index contributed by atoms with van der Waals surface area (Å²) in [6.45, 7) is 2.52. The summed E-state index contributed by atoms with van der Waals surface area (Å²) in [6, 6.07) is 9.92. The van der Waals surface area contributed by atoms with Gasteiger partial charge >= 0.3 is 5.97 Å². The summed E-state index contributed by atoms with van der Waals surface area (Å²) in [7, 11) is 1.33. The molecule has 2 aromatic rings. The van der Waals surface area contributed by atoms with E-state index in [0.717, 1.165) is 31.5 Å². The number of hydrogen-bond acceptors (Lipinski definition) is 6. The second-order valence-electron chi connectivity index (χ2n) is 7.68. The van der Waals surface area contributed by atoms with Crippen LogP contribution in [0.5, 0.6) is 11.5 Å². The van der Waals surface area contributed by atoms with Crippen LogP contribution < -0.4 is 4.74 Å². The molecule has 0 radical (unpaired) electrons. The average molecular weight is 407 g/mol. The largest absolute Gasteiger partial charge is 0.507 e. The Kier molecular flexibility index (Phi) is 5.86. The van der Waals surface area contributed by atoms with Gasteiger partial charge < -0.3 is 14.6 Å². The maximum absolute atomic E-state index is 12.9. The Morgan fingerprint density at radius 3 is 2.47 bits per heavy atom. The van der Waals surface area contributed by atoms with Crippen molar-refractivity contribution < 1.29 is 24.2 Å². The van der Waals surface area contributed by atoms with Gasteiger partial charge in [-0.1, -0.05) is 25.0 Å². The van der Waals surface area contributed by atoms with Crippen molar-refractivity contribution in [3.63, 3.8) is 0 Å². The number of hydrogen-bond donors (Lipinski definition) is 1. The van der Waals surface area contributed by atoms with Crippen molar-refractivity contribution in [3.05, 3.63) is 64.4 Å². The van der Waals surface area contributed by atoms with E-state index in [1.54, 1.807) is 42.5 Å². The van der Waals surface area contributed by atoms with Crippen LogP contribution in [0.25, 0.3) is 6.08 Å². The molecule has 0 aliphatic carbocycles. The predicted octanol–water partition coefficient (Wildman–Crippen LogP) is 4.17. The molecular formula is C24H25NO5. The van der Waals surface area contributed by atoms with Gasteiger partial charge in [0.05, 0.1) is 23.8 Å². The van der Waals surface area contributed by atoms with Crippen LogP contribution in [0.15, 0.2) is 42.2 Å². The molecule has 0 amide bonds. The van der Waals surface area contributed by atoms with E-state index >= 15 is 0 Å². The lowest BCUT2D eigenvalue weighted by molar-refractivity contribution is 0.0600. The molecule has 0 bridgehead atoms. The molecule has 0 aromatic heterocycles. The van der Waals surface area contributed by atoms with E-state index in [1.807, 2.05) is 0 Å². The summed E-state index contributed by atoms with van der Waals surface area (Å²) in [4.78, 5) is 26.8. The smallest absolute Gasteiger partial charge is 0.337 e. The molecule has 0 saturated carbocycles. The number of aromatic hydroxyl groups is 1. The second kappa shape index (κ2) is 8.71. The number of rotatable bonds is 4. The lowest BCUT2D eigenvalue weighted by Crippen LogP contribution is -2.24. The molecular weight excluding hydrogens is 382 g/mol. The Hall–Kier alpha value is -3.12. The number of methoxy groups -OCH3 is 1. The fraction of sp³-hybridized carbons (Fsp3) is 0.333. The first-order valence-corrected chi connectivity index (χ1v) is 10.3. The van der Waals surface area contributed by atoms with E-state index in [2.05, 4.69) is 4.90 Å². The molecule has 1 saturated heterocycles. The van der Waals surface area contributed by atoms with E-state index in [9.17, 15) is 14.7 Å². The molecule has 4 rings (SSSR count). The van der Waals surface area contributed by atoms with Gasteiger partial charge in [0.25, 0.3) is 0 Å². The minimum absolute atomic E-state index is 0.148. The fourth-order valence-corrected chi connectivity index (χ4v) is 3.95. The number of ketones is 1. The van der Waals surface area contributed by atoms with Crippen LogP contribution in [0, 0.1) is 0 Å². The van der Waals surface area contributed by atoms with E-state index < -0.39 is 5.97 Å². The number of esters is 1. The van der Waals surface area contributed by atoms with Crippen molar-refractivity contribution in [2.24, 2.45) is 0 Å². The van der Waals surface area contributed by atoms with Gasteiger partial charge in [0.15, 0.2) is 5.76 Å². The molecule has 6 heteroatoms. The number of carbonyl (C=O) groups is 2. The minimum Gasteiger partial charge on any atom is -0.507 e. The first-order chi connectivity index (χ1) is 14.6. The summed E-state index contributed by atoms with van der Waals surface area (Å²) in [5.74, 6) is 0.178. The van der Waals surface area contributed by atoms with Crippen molar-refractivity contribution in [3.8, 4) is 11.5 Å². The quantitative estimate of drug-likeness (QED) is 0.606. The van der Waals surface area contributed by atoms with Crippen LogP contribution in [-0.4, -0.2) is 42.0 Å². The molecule has 2 aliphatic heterocycles. The number of phenols is 1. The van der Waals surface area contributed by atoms with Crippen molar-refractivity contribution in [2.75, 3.05) is 20.2 Å². The number of benzene rings is 2. The zero-order chi connectivity index (χ0) is 21.1. The highest BCUT2D eigenvalue weighted by Crippen LogP contribution is 2.40. The lowest BCUT2D eigenvalue weighted by Gasteiger charge is -2.21. The Labute approximate surface area is 175 Å². The topological polar surface area (TPSA) is 76.1 Å². The Bertz CT molecular complexity index is 985. The Morgan fingerprint density at radius 1 is 1.10 bits per heavy atom. The number of ether oxygens (including phenoxy) is 2. The third-order valence-corrected chi connectivity index (χ3v) is 5.63. The van der Waals surface area contributed by atoms with E-state index in [0.29, 0.717) is 29.0 Å². The highest BCUT2D eigenvalue weighted by Gasteiger charge is 2.31. The van der Waals surface area contributed by atoms with Gasteiger partial charge in [0.1, 0.15) is 11.5 Å². The third-order valence-electron chi connectivity index (χ3n) is 5.63. The number of fused-ring (bicyclic) bond motifs is 1. The van der Waals surface area contributed by atoms with Gasteiger partial charge in [-0.05, 0) is 61.8 Å². The van der Waals surface area contributed by atoms with E-state index in [1.165, 1.54) is 20.0 Å². The van der Waals surface area contributed by atoms with Gasteiger partial charge in [0, 0.05) is 6.54 Å². The lowest BCUT2D eigenvalue weighted by atomic mass is 10.0. The van der Waals surface area contributed by atoms with Gasteiger partial charge in [0.2, 0.25) is 5.78 Å². The van der Waals surface area contributed by atoms with Crippen LogP contribution >= 0.6 is 0 Å². The minimum atomic E-state index is -0.413. The van der Waals surface area contributed by atoms with Crippen LogP contribution in [0.4, 0.5) is 0 Å². The number of nitrogens with zero attached hydrogens (tertiary/aromatic N) is 1. The molecule has 156 valence electrons. The van der Waals surface area contributed by atoms with Crippen LogP contribution in [0.1, 0.15) is 57.5 Å². The van der Waals surface area contributed by atoms with Gasteiger partial charge in [-0.2, -0.15) is 0 Å². The average Bonchev–Trinajstić information content (AvgIpc) is 2.92. The maximum Gasteiger partial charge on any atom is 0.337 e. The molecule has 0 unspecified atom stereocenters. The van der Waals surface area contributed by atoms with Crippen LogP contribution in [0.2, 0.25) is 0 Å². The summed E-state index contributed by atoms with van der Waals surface area (Å²) < 4.78 is 10.6. The third kappa shape index (κ3) is 4.09. The van der Waals surface area contributed by atoms with Crippen molar-refractivity contribution in [1.82, 2.24) is 4.90 Å². The standard InChI is InChI=1S/C24H25NO5/c1-29-24(28)17-8-6-16(7-9-17)14-21-22(27)18-10-11-20(26)19(23(18)30-21)15-25-12-4-2-3-5-13-25/h6-11,14,26H,2-5,12-13,15H2,1H3/b21-14-. The molecule has 6 nitrogen and oxygen atoms in total. The molecule has 0 atom stereocenters. The second-order valence-corrected chi connectivity index (χ2v) is 7.68. The molecule has 30 heavy (non-hydrogen) atoms. The Morgan fingerprint density at radius 2 is 1.80 bits per heavy atom. The van der Waals surface area contributed by atoms with Crippen molar-refractivity contribution in [2.45, 2.75) is 32.2 Å². The van der Waals surface area contributed by atoms with Crippen LogP contribution in [-0.2, 0) is 11.3 Å². The van der Waals surface area contributed by atoms with Gasteiger partial charge in [-0.15, -0.1) is 0 Å². The predicted molar refractivity (Wildman–Crippen MR) is 113 cm³/mol. The summed E-state index contributed by atoms with van der Waals surface area (Å²) >= 11 is 0. The Balaban J connectivity index is 1.59. The van der Waals surface area contributed by atoms with Crippen LogP contribution in [0.3, 0.4) is 0 Å². The normalized spacial score (nSPS) is 18.0. The SMILES string of the molecule is COC(=O)c1ccc(/C=C2\Oc3c(ccc(O)c3CN3CCCCCC3)C2=O)cc1. The van der Waals surface area contributed by atoms with Crippen molar-refractivity contribution in [1.29, 1.82) is 0 Å². The molecule has 0 spiro atoms. The first kappa shape index (κ1) is 20.2. The zero-order valence-electron chi connectivity index (χ0n) is 17.0. The summed E-state index contributed by atoms with van der Waals surface area (Å²) in [5.41, 5.74) is 2.30. The zero-order valence-corrected chi connectivity index (χ0v) is 17.0. The number of carbonyl (C=O) groups excluding carboxylic acids is 2. The fourth-order valence-electron chi connectivity index (χ4n) is 3.95. The van der Waals surface area contributed by atoms with E-state index in [-0.39, 0.29) is 17.3 Å². The highest BCUT2D eigenvalue weighted by molar-refractivity contribution is 6.15. The first-order valence-electron chi connectivity index (χ1n) is 10.3. The molecule has 2 aromatic carbocycles.